The molecule has 0 spiro atoms. The molecule has 0 saturated heterocycles. The standard InChI is InChI=1S/C17H32N2O4/c1-6-7-8-13(17(22)23)19-16(21)14(9-11(2)3)18-15(20)10-12(4)5/h11-14H,6-10H2,1-5H3,(H,18,20)(H,19,21)(H,22,23)/t13-,14-/m0/s1. The molecular weight excluding hydrogens is 296 g/mol. The molecule has 2 amide bonds. The van der Waals surface area contributed by atoms with Gasteiger partial charge < -0.3 is 15.7 Å². The molecule has 0 aromatic heterocycles. The lowest BCUT2D eigenvalue weighted by Crippen LogP contribution is -2.52. The predicted octanol–water partition coefficient (Wildman–Crippen LogP) is 2.32. The number of rotatable bonds is 11. The third-order valence-corrected chi connectivity index (χ3v) is 3.41. The van der Waals surface area contributed by atoms with Gasteiger partial charge in [0.1, 0.15) is 12.1 Å². The second-order valence-electron chi connectivity index (χ2n) is 6.89. The van der Waals surface area contributed by atoms with Crippen LogP contribution in [-0.2, 0) is 14.4 Å². The van der Waals surface area contributed by atoms with E-state index in [4.69, 9.17) is 0 Å². The maximum absolute atomic E-state index is 12.4. The van der Waals surface area contributed by atoms with Crippen LogP contribution in [-0.4, -0.2) is 35.0 Å². The first-order valence-electron chi connectivity index (χ1n) is 8.49. The highest BCUT2D eigenvalue weighted by atomic mass is 16.4. The summed E-state index contributed by atoms with van der Waals surface area (Å²) in [6.07, 6.45) is 2.81. The fraction of sp³-hybridized carbons (Fsp3) is 0.824. The summed E-state index contributed by atoms with van der Waals surface area (Å²) < 4.78 is 0. The fourth-order valence-electron chi connectivity index (χ4n) is 2.26. The van der Waals surface area contributed by atoms with Crippen molar-refractivity contribution in [2.24, 2.45) is 11.8 Å². The number of carbonyl (C=O) groups is 3. The normalized spacial score (nSPS) is 13.7. The lowest BCUT2D eigenvalue weighted by Gasteiger charge is -2.23. The van der Waals surface area contributed by atoms with Gasteiger partial charge in [-0.15, -0.1) is 0 Å². The van der Waals surface area contributed by atoms with Gasteiger partial charge in [0.25, 0.3) is 0 Å². The number of carboxylic acid groups (broad SMARTS) is 1. The predicted molar refractivity (Wildman–Crippen MR) is 89.9 cm³/mol. The first-order valence-corrected chi connectivity index (χ1v) is 8.49. The molecule has 0 heterocycles. The van der Waals surface area contributed by atoms with Crippen LogP contribution in [0.4, 0.5) is 0 Å². The van der Waals surface area contributed by atoms with Crippen LogP contribution in [0.15, 0.2) is 0 Å². The molecule has 23 heavy (non-hydrogen) atoms. The van der Waals surface area contributed by atoms with Gasteiger partial charge in [0.15, 0.2) is 0 Å². The Morgan fingerprint density at radius 1 is 0.957 bits per heavy atom. The van der Waals surface area contributed by atoms with E-state index >= 15 is 0 Å². The summed E-state index contributed by atoms with van der Waals surface area (Å²) in [6.45, 7) is 9.75. The van der Waals surface area contributed by atoms with Crippen LogP contribution in [0.5, 0.6) is 0 Å². The minimum absolute atomic E-state index is 0.179. The largest absolute Gasteiger partial charge is 0.480 e. The van der Waals surface area contributed by atoms with E-state index in [1.54, 1.807) is 0 Å². The van der Waals surface area contributed by atoms with E-state index in [1.807, 2.05) is 34.6 Å². The Kier molecular flexibility index (Phi) is 10.3. The fourth-order valence-corrected chi connectivity index (χ4v) is 2.26. The Morgan fingerprint density at radius 2 is 1.57 bits per heavy atom. The lowest BCUT2D eigenvalue weighted by molar-refractivity contribution is -0.142. The maximum Gasteiger partial charge on any atom is 0.326 e. The summed E-state index contributed by atoms with van der Waals surface area (Å²) in [6, 6.07) is -1.59. The van der Waals surface area contributed by atoms with Gasteiger partial charge in [0, 0.05) is 6.42 Å². The van der Waals surface area contributed by atoms with Crippen LogP contribution in [0.3, 0.4) is 0 Å². The molecule has 0 aliphatic heterocycles. The Balaban J connectivity index is 4.83. The van der Waals surface area contributed by atoms with Crippen LogP contribution >= 0.6 is 0 Å². The molecule has 0 fully saturated rings. The lowest BCUT2D eigenvalue weighted by atomic mass is 10.0. The quantitative estimate of drug-likeness (QED) is 0.542. The number of hydrogen-bond donors (Lipinski definition) is 3. The van der Waals surface area contributed by atoms with Crippen LogP contribution in [0.1, 0.15) is 66.7 Å². The Hall–Kier alpha value is -1.59. The highest BCUT2D eigenvalue weighted by Gasteiger charge is 2.26. The van der Waals surface area contributed by atoms with E-state index in [2.05, 4.69) is 10.6 Å². The molecule has 0 radical (unpaired) electrons. The average Bonchev–Trinajstić information content (AvgIpc) is 2.40. The van der Waals surface area contributed by atoms with Gasteiger partial charge in [0.05, 0.1) is 0 Å². The van der Waals surface area contributed by atoms with Crippen molar-refractivity contribution < 1.29 is 19.5 Å². The van der Waals surface area contributed by atoms with Crippen molar-refractivity contribution in [1.82, 2.24) is 10.6 Å². The second kappa shape index (κ2) is 11.0. The smallest absolute Gasteiger partial charge is 0.326 e. The van der Waals surface area contributed by atoms with Crippen molar-refractivity contribution >= 4 is 17.8 Å². The van der Waals surface area contributed by atoms with Crippen LogP contribution in [0.25, 0.3) is 0 Å². The Morgan fingerprint density at radius 3 is 2.00 bits per heavy atom. The average molecular weight is 328 g/mol. The van der Waals surface area contributed by atoms with Gasteiger partial charge in [-0.3, -0.25) is 9.59 Å². The van der Waals surface area contributed by atoms with Crippen molar-refractivity contribution in [2.45, 2.75) is 78.8 Å². The Labute approximate surface area is 139 Å². The summed E-state index contributed by atoms with van der Waals surface area (Å²) in [5.74, 6) is -1.22. The third kappa shape index (κ3) is 9.92. The number of aliphatic carboxylic acids is 1. The van der Waals surface area contributed by atoms with Crippen molar-refractivity contribution in [1.29, 1.82) is 0 Å². The molecule has 0 rings (SSSR count). The topological polar surface area (TPSA) is 95.5 Å². The molecule has 3 N–H and O–H groups in total. The molecule has 0 aliphatic rings. The number of unbranched alkanes of at least 4 members (excludes halogenated alkanes) is 1. The number of amides is 2. The van der Waals surface area contributed by atoms with E-state index < -0.39 is 24.0 Å². The molecule has 2 atom stereocenters. The molecule has 134 valence electrons. The van der Waals surface area contributed by atoms with E-state index in [-0.39, 0.29) is 17.7 Å². The van der Waals surface area contributed by atoms with Gasteiger partial charge in [-0.1, -0.05) is 47.5 Å². The molecule has 0 bridgehead atoms. The van der Waals surface area contributed by atoms with Crippen molar-refractivity contribution in [3.8, 4) is 0 Å². The molecular formula is C17H32N2O4. The number of hydrogen-bond acceptors (Lipinski definition) is 3. The first kappa shape index (κ1) is 21.4. The van der Waals surface area contributed by atoms with Gasteiger partial charge in [-0.05, 0) is 24.7 Å². The van der Waals surface area contributed by atoms with E-state index in [1.165, 1.54) is 0 Å². The summed E-state index contributed by atoms with van der Waals surface area (Å²) in [5, 5.41) is 14.5. The molecule has 0 aromatic carbocycles. The monoisotopic (exact) mass is 328 g/mol. The zero-order valence-corrected chi connectivity index (χ0v) is 15.0. The zero-order valence-electron chi connectivity index (χ0n) is 15.0. The Bertz CT molecular complexity index is 394. The number of nitrogens with one attached hydrogen (secondary N) is 2. The van der Waals surface area contributed by atoms with E-state index in [9.17, 15) is 19.5 Å². The minimum Gasteiger partial charge on any atom is -0.480 e. The van der Waals surface area contributed by atoms with Crippen molar-refractivity contribution in [2.75, 3.05) is 0 Å². The first-order chi connectivity index (χ1) is 10.7. The summed E-state index contributed by atoms with van der Waals surface area (Å²) in [4.78, 5) is 35.6. The maximum atomic E-state index is 12.4. The second-order valence-corrected chi connectivity index (χ2v) is 6.89. The van der Waals surface area contributed by atoms with Crippen molar-refractivity contribution in [3.05, 3.63) is 0 Å². The summed E-state index contributed by atoms with van der Waals surface area (Å²) in [7, 11) is 0. The number of carbonyl (C=O) groups excluding carboxylic acids is 2. The van der Waals surface area contributed by atoms with Gasteiger partial charge in [-0.25, -0.2) is 4.79 Å². The van der Waals surface area contributed by atoms with E-state index in [0.717, 1.165) is 12.8 Å². The van der Waals surface area contributed by atoms with Crippen LogP contribution in [0.2, 0.25) is 0 Å². The molecule has 0 aliphatic carbocycles. The zero-order chi connectivity index (χ0) is 18.0. The van der Waals surface area contributed by atoms with Crippen molar-refractivity contribution in [3.63, 3.8) is 0 Å². The third-order valence-electron chi connectivity index (χ3n) is 3.41. The minimum atomic E-state index is -1.04. The van der Waals surface area contributed by atoms with Gasteiger partial charge in [0.2, 0.25) is 11.8 Å². The van der Waals surface area contributed by atoms with Gasteiger partial charge >= 0.3 is 5.97 Å². The van der Waals surface area contributed by atoms with Crippen LogP contribution in [0, 0.1) is 11.8 Å². The highest BCUT2D eigenvalue weighted by molar-refractivity contribution is 5.90. The summed E-state index contributed by atoms with van der Waals surface area (Å²) >= 11 is 0. The molecule has 0 saturated carbocycles. The molecule has 6 nitrogen and oxygen atoms in total. The molecule has 0 unspecified atom stereocenters. The summed E-state index contributed by atoms with van der Waals surface area (Å²) in [5.41, 5.74) is 0. The molecule has 6 heteroatoms. The molecule has 0 aromatic rings. The van der Waals surface area contributed by atoms with Crippen LogP contribution < -0.4 is 10.6 Å². The SMILES string of the molecule is CCCC[C@H](NC(=O)[C@H](CC(C)C)NC(=O)CC(C)C)C(=O)O. The number of carboxylic acids is 1. The highest BCUT2D eigenvalue weighted by Crippen LogP contribution is 2.08. The van der Waals surface area contributed by atoms with E-state index in [0.29, 0.717) is 19.3 Å². The van der Waals surface area contributed by atoms with Gasteiger partial charge in [-0.2, -0.15) is 0 Å².